The molecule has 1 aromatic heterocycles. The van der Waals surface area contributed by atoms with Gasteiger partial charge >= 0.3 is 0 Å². The van der Waals surface area contributed by atoms with E-state index >= 15 is 0 Å². The summed E-state index contributed by atoms with van der Waals surface area (Å²) in [4.78, 5) is 12.2. The Labute approximate surface area is 140 Å². The SMILES string of the molecule is CC(C)(C)c1ccc2occ(CC(=O)Nc3ccccc3F)c2c1. The van der Waals surface area contributed by atoms with Gasteiger partial charge in [-0.25, -0.2) is 4.39 Å². The monoisotopic (exact) mass is 325 g/mol. The van der Waals surface area contributed by atoms with Crippen LogP contribution in [0.15, 0.2) is 53.1 Å². The molecule has 1 amide bonds. The molecule has 0 unspecified atom stereocenters. The Bertz CT molecular complexity index is 890. The molecule has 0 saturated heterocycles. The molecule has 0 aliphatic carbocycles. The number of nitrogens with one attached hydrogen (secondary N) is 1. The average Bonchev–Trinajstić information content (AvgIpc) is 2.91. The van der Waals surface area contributed by atoms with Crippen LogP contribution in [-0.4, -0.2) is 5.91 Å². The van der Waals surface area contributed by atoms with E-state index in [0.717, 1.165) is 16.5 Å². The minimum absolute atomic E-state index is 0.0121. The Morgan fingerprint density at radius 3 is 2.62 bits per heavy atom. The van der Waals surface area contributed by atoms with Gasteiger partial charge in [0.1, 0.15) is 11.4 Å². The third-order valence-electron chi connectivity index (χ3n) is 4.02. The summed E-state index contributed by atoms with van der Waals surface area (Å²) >= 11 is 0. The largest absolute Gasteiger partial charge is 0.464 e. The van der Waals surface area contributed by atoms with Gasteiger partial charge in [-0.15, -0.1) is 0 Å². The van der Waals surface area contributed by atoms with Crippen LogP contribution in [0.2, 0.25) is 0 Å². The van der Waals surface area contributed by atoms with E-state index in [1.165, 1.54) is 11.6 Å². The lowest BCUT2D eigenvalue weighted by atomic mass is 9.86. The minimum atomic E-state index is -0.446. The van der Waals surface area contributed by atoms with Crippen molar-refractivity contribution in [3.8, 4) is 0 Å². The summed E-state index contributed by atoms with van der Waals surface area (Å²) in [5.74, 6) is -0.720. The standard InChI is InChI=1S/C20H20FNO2/c1-20(2,3)14-8-9-18-15(11-14)13(12-24-18)10-19(23)22-17-7-5-4-6-16(17)21/h4-9,11-12H,10H2,1-3H3,(H,22,23). The summed E-state index contributed by atoms with van der Waals surface area (Å²) in [7, 11) is 0. The molecule has 0 radical (unpaired) electrons. The average molecular weight is 325 g/mol. The number of carbonyl (C=O) groups excluding carboxylic acids is 1. The van der Waals surface area contributed by atoms with Crippen LogP contribution in [-0.2, 0) is 16.6 Å². The van der Waals surface area contributed by atoms with Crippen molar-refractivity contribution in [1.29, 1.82) is 0 Å². The zero-order chi connectivity index (χ0) is 17.3. The smallest absolute Gasteiger partial charge is 0.229 e. The molecule has 0 saturated carbocycles. The minimum Gasteiger partial charge on any atom is -0.464 e. The molecule has 0 aliphatic heterocycles. The zero-order valence-corrected chi connectivity index (χ0v) is 14.0. The molecule has 0 spiro atoms. The van der Waals surface area contributed by atoms with Crippen LogP contribution in [0.3, 0.4) is 0 Å². The summed E-state index contributed by atoms with van der Waals surface area (Å²) in [6.45, 7) is 6.41. The number of furan rings is 1. The first-order valence-electron chi connectivity index (χ1n) is 7.89. The lowest BCUT2D eigenvalue weighted by Gasteiger charge is -2.18. The third-order valence-corrected chi connectivity index (χ3v) is 4.02. The van der Waals surface area contributed by atoms with Gasteiger partial charge in [-0.1, -0.05) is 39.0 Å². The van der Waals surface area contributed by atoms with Crippen molar-refractivity contribution >= 4 is 22.6 Å². The maximum atomic E-state index is 13.6. The molecule has 24 heavy (non-hydrogen) atoms. The van der Waals surface area contributed by atoms with Crippen molar-refractivity contribution in [2.75, 3.05) is 5.32 Å². The Balaban J connectivity index is 1.84. The number of hydrogen-bond donors (Lipinski definition) is 1. The normalized spacial score (nSPS) is 11.7. The van der Waals surface area contributed by atoms with Gasteiger partial charge in [-0.3, -0.25) is 4.79 Å². The van der Waals surface area contributed by atoms with Gasteiger partial charge in [-0.2, -0.15) is 0 Å². The molecule has 4 heteroatoms. The molecular weight excluding hydrogens is 305 g/mol. The summed E-state index contributed by atoms with van der Waals surface area (Å²) < 4.78 is 19.2. The van der Waals surface area contributed by atoms with E-state index in [2.05, 4.69) is 32.2 Å². The number of rotatable bonds is 3. The van der Waals surface area contributed by atoms with Crippen LogP contribution in [0.25, 0.3) is 11.0 Å². The number of benzene rings is 2. The van der Waals surface area contributed by atoms with Gasteiger partial charge in [0.15, 0.2) is 0 Å². The highest BCUT2D eigenvalue weighted by Crippen LogP contribution is 2.29. The van der Waals surface area contributed by atoms with Crippen molar-refractivity contribution in [3.63, 3.8) is 0 Å². The van der Waals surface area contributed by atoms with Crippen LogP contribution in [0.1, 0.15) is 31.9 Å². The fraction of sp³-hybridized carbons (Fsp3) is 0.250. The van der Waals surface area contributed by atoms with Gasteiger partial charge in [0.25, 0.3) is 0 Å². The van der Waals surface area contributed by atoms with Crippen LogP contribution < -0.4 is 5.32 Å². The highest BCUT2D eigenvalue weighted by Gasteiger charge is 2.17. The molecule has 2 aromatic carbocycles. The topological polar surface area (TPSA) is 42.2 Å². The summed E-state index contributed by atoms with van der Waals surface area (Å²) in [6.07, 6.45) is 1.73. The number of anilines is 1. The lowest BCUT2D eigenvalue weighted by molar-refractivity contribution is -0.115. The first-order chi connectivity index (χ1) is 11.3. The summed E-state index contributed by atoms with van der Waals surface area (Å²) in [5.41, 5.74) is 2.91. The fourth-order valence-electron chi connectivity index (χ4n) is 2.62. The predicted octanol–water partition coefficient (Wildman–Crippen LogP) is 5.05. The van der Waals surface area contributed by atoms with Crippen molar-refractivity contribution in [2.24, 2.45) is 0 Å². The van der Waals surface area contributed by atoms with Crippen LogP contribution in [0, 0.1) is 5.82 Å². The third kappa shape index (κ3) is 3.32. The predicted molar refractivity (Wildman–Crippen MR) is 93.6 cm³/mol. The van der Waals surface area contributed by atoms with Gasteiger partial charge in [-0.05, 0) is 35.2 Å². The summed E-state index contributed by atoms with van der Waals surface area (Å²) in [5, 5.41) is 3.52. The lowest BCUT2D eigenvalue weighted by Crippen LogP contribution is -2.15. The molecule has 0 aliphatic rings. The molecule has 0 bridgehead atoms. The zero-order valence-electron chi connectivity index (χ0n) is 14.0. The van der Waals surface area contributed by atoms with E-state index in [0.29, 0.717) is 0 Å². The molecule has 3 nitrogen and oxygen atoms in total. The Morgan fingerprint density at radius 1 is 1.17 bits per heavy atom. The molecular formula is C20H20FNO2. The maximum Gasteiger partial charge on any atom is 0.229 e. The second-order valence-corrected chi connectivity index (χ2v) is 6.93. The van der Waals surface area contributed by atoms with Gasteiger partial charge in [0, 0.05) is 10.9 Å². The number of halogens is 1. The van der Waals surface area contributed by atoms with E-state index < -0.39 is 5.82 Å². The molecule has 1 heterocycles. The van der Waals surface area contributed by atoms with Gasteiger partial charge < -0.3 is 9.73 Å². The number of hydrogen-bond acceptors (Lipinski definition) is 2. The van der Waals surface area contributed by atoms with Crippen LogP contribution >= 0.6 is 0 Å². The first-order valence-corrected chi connectivity index (χ1v) is 7.89. The number of amides is 1. The number of carbonyl (C=O) groups is 1. The molecule has 124 valence electrons. The molecule has 1 N–H and O–H groups in total. The van der Waals surface area contributed by atoms with E-state index in [1.807, 2.05) is 12.1 Å². The van der Waals surface area contributed by atoms with Crippen molar-refractivity contribution < 1.29 is 13.6 Å². The second-order valence-electron chi connectivity index (χ2n) is 6.93. The first kappa shape index (κ1) is 16.2. The van der Waals surface area contributed by atoms with E-state index in [1.54, 1.807) is 24.5 Å². The Hall–Kier alpha value is -2.62. The highest BCUT2D eigenvalue weighted by atomic mass is 19.1. The van der Waals surface area contributed by atoms with Gasteiger partial charge in [0.05, 0.1) is 18.4 Å². The van der Waals surface area contributed by atoms with Crippen molar-refractivity contribution in [3.05, 3.63) is 65.7 Å². The molecule has 3 aromatic rings. The van der Waals surface area contributed by atoms with E-state index in [-0.39, 0.29) is 23.4 Å². The molecule has 0 atom stereocenters. The van der Waals surface area contributed by atoms with E-state index in [4.69, 9.17) is 4.42 Å². The molecule has 3 rings (SSSR count). The highest BCUT2D eigenvalue weighted by molar-refractivity contribution is 5.95. The van der Waals surface area contributed by atoms with Crippen molar-refractivity contribution in [1.82, 2.24) is 0 Å². The van der Waals surface area contributed by atoms with E-state index in [9.17, 15) is 9.18 Å². The fourth-order valence-corrected chi connectivity index (χ4v) is 2.62. The van der Waals surface area contributed by atoms with Crippen molar-refractivity contribution in [2.45, 2.75) is 32.6 Å². The quantitative estimate of drug-likeness (QED) is 0.732. The van der Waals surface area contributed by atoms with Gasteiger partial charge in [0.2, 0.25) is 5.91 Å². The van der Waals surface area contributed by atoms with Crippen LogP contribution in [0.5, 0.6) is 0 Å². The Kier molecular flexibility index (Phi) is 4.14. The summed E-state index contributed by atoms with van der Waals surface area (Å²) in [6, 6.07) is 12.1. The van der Waals surface area contributed by atoms with Crippen LogP contribution in [0.4, 0.5) is 10.1 Å². The second kappa shape index (κ2) is 6.11. The maximum absolute atomic E-state index is 13.6. The molecule has 0 fully saturated rings. The number of fused-ring (bicyclic) bond motifs is 1. The Morgan fingerprint density at radius 2 is 1.92 bits per heavy atom. The number of para-hydroxylation sites is 1.